The highest BCUT2D eigenvalue weighted by Gasteiger charge is 2.53. The zero-order valence-electron chi connectivity index (χ0n) is 26.7. The van der Waals surface area contributed by atoms with Gasteiger partial charge >= 0.3 is 6.01 Å². The summed E-state index contributed by atoms with van der Waals surface area (Å²) in [6.45, 7) is 3.26. The third-order valence-electron chi connectivity index (χ3n) is 11.6. The standard InChI is InChI=1S/C38H37F3N6O/c1-2-27-31(40)9-4-23-14-25(42)15-30(32(23)27)28-7-8-29-34(33(28)41)43-36(48-21-37-11-3-13-47(37)18-22(16-37)17-39)44-35(29)46-19-26-10-12-38(20-46,45-26)24-5-6-24/h1,4,7-9,14-15,17,24,26,45H,3,5-6,10-13,16,18-21,42H2/b22-17-/t26-,37-,38+/m0/s1. The fourth-order valence-corrected chi connectivity index (χ4v) is 9.27. The molecule has 246 valence electrons. The molecule has 5 fully saturated rings. The molecule has 48 heavy (non-hydrogen) atoms. The van der Waals surface area contributed by atoms with Crippen LogP contribution in [0.25, 0.3) is 32.8 Å². The van der Waals surface area contributed by atoms with E-state index in [4.69, 9.17) is 26.9 Å². The van der Waals surface area contributed by atoms with Crippen molar-refractivity contribution in [1.29, 1.82) is 0 Å². The van der Waals surface area contributed by atoms with Crippen molar-refractivity contribution < 1.29 is 17.9 Å². The van der Waals surface area contributed by atoms with Gasteiger partial charge < -0.3 is 20.7 Å². The third-order valence-corrected chi connectivity index (χ3v) is 11.6. The average molecular weight is 651 g/mol. The molecule has 1 saturated carbocycles. The molecule has 0 spiro atoms. The van der Waals surface area contributed by atoms with Crippen molar-refractivity contribution in [3.63, 3.8) is 0 Å². The first-order valence-electron chi connectivity index (χ1n) is 17.0. The Morgan fingerprint density at radius 1 is 1.10 bits per heavy atom. The SMILES string of the molecule is C#Cc1c(F)ccc2cc(N)cc(-c3ccc4c(N5C[C@@H]6CC[C@](C7CC7)(C5)N6)nc(OC[C@@]56CCCN5C/C(=C\F)C6)nc4c3F)c12. The number of piperazine rings is 1. The van der Waals surface area contributed by atoms with Crippen LogP contribution in [0.2, 0.25) is 0 Å². The van der Waals surface area contributed by atoms with Crippen LogP contribution >= 0.6 is 0 Å². The molecule has 3 atom stereocenters. The van der Waals surface area contributed by atoms with E-state index in [2.05, 4.69) is 21.0 Å². The summed E-state index contributed by atoms with van der Waals surface area (Å²) in [7, 11) is 0. The van der Waals surface area contributed by atoms with Crippen LogP contribution in [-0.2, 0) is 0 Å². The quantitative estimate of drug-likeness (QED) is 0.183. The number of nitrogens with two attached hydrogens (primary N) is 1. The van der Waals surface area contributed by atoms with Crippen LogP contribution in [0, 0.1) is 29.9 Å². The number of hydrogen-bond donors (Lipinski definition) is 2. The van der Waals surface area contributed by atoms with E-state index < -0.39 is 11.6 Å². The number of nitrogens with one attached hydrogen (secondary N) is 1. The molecule has 1 aliphatic carbocycles. The topological polar surface area (TPSA) is 79.5 Å². The van der Waals surface area contributed by atoms with E-state index in [0.29, 0.717) is 64.5 Å². The highest BCUT2D eigenvalue weighted by molar-refractivity contribution is 6.04. The lowest BCUT2D eigenvalue weighted by Crippen LogP contribution is -2.61. The molecule has 7 nitrogen and oxygen atoms in total. The summed E-state index contributed by atoms with van der Waals surface area (Å²) in [5.41, 5.74) is 7.90. The maximum Gasteiger partial charge on any atom is 0.319 e. The summed E-state index contributed by atoms with van der Waals surface area (Å²) in [6, 6.07) is 10.2. The first-order chi connectivity index (χ1) is 23.3. The molecule has 0 radical (unpaired) electrons. The Labute approximate surface area is 277 Å². The Balaban J connectivity index is 1.19. The second-order valence-corrected chi connectivity index (χ2v) is 14.6. The van der Waals surface area contributed by atoms with Gasteiger partial charge in [0.1, 0.15) is 23.8 Å². The molecule has 4 saturated heterocycles. The summed E-state index contributed by atoms with van der Waals surface area (Å²) in [6.07, 6.45) is 13.6. The average Bonchev–Trinajstić information content (AvgIpc) is 3.70. The fourth-order valence-electron chi connectivity index (χ4n) is 9.27. The third kappa shape index (κ3) is 4.58. The molecule has 2 bridgehead atoms. The smallest absolute Gasteiger partial charge is 0.319 e. The van der Waals surface area contributed by atoms with Crippen LogP contribution < -0.4 is 20.7 Å². The summed E-state index contributed by atoms with van der Waals surface area (Å²) in [4.78, 5) is 14.2. The van der Waals surface area contributed by atoms with Gasteiger partial charge in [-0.3, -0.25) is 4.90 Å². The van der Waals surface area contributed by atoms with Crippen LogP contribution in [0.5, 0.6) is 6.01 Å². The molecular weight excluding hydrogens is 613 g/mol. The normalized spacial score (nSPS) is 27.7. The second kappa shape index (κ2) is 10.8. The lowest BCUT2D eigenvalue weighted by molar-refractivity contribution is 0.108. The minimum atomic E-state index is -0.584. The van der Waals surface area contributed by atoms with E-state index in [0.717, 1.165) is 50.9 Å². The summed E-state index contributed by atoms with van der Waals surface area (Å²) < 4.78 is 52.0. The minimum Gasteiger partial charge on any atom is -0.461 e. The van der Waals surface area contributed by atoms with E-state index in [-0.39, 0.29) is 40.3 Å². The Morgan fingerprint density at radius 3 is 2.79 bits per heavy atom. The molecule has 4 aromatic rings. The summed E-state index contributed by atoms with van der Waals surface area (Å²) in [5, 5.41) is 5.53. The first-order valence-corrected chi connectivity index (χ1v) is 17.0. The number of hydrogen-bond acceptors (Lipinski definition) is 7. The highest BCUT2D eigenvalue weighted by atomic mass is 19.1. The van der Waals surface area contributed by atoms with Gasteiger partial charge in [-0.05, 0) is 98.2 Å². The lowest BCUT2D eigenvalue weighted by atomic mass is 9.90. The predicted molar refractivity (Wildman–Crippen MR) is 181 cm³/mol. The number of benzene rings is 3. The van der Waals surface area contributed by atoms with Crippen LogP contribution in [-0.4, -0.2) is 64.8 Å². The van der Waals surface area contributed by atoms with E-state index in [1.807, 2.05) is 6.07 Å². The Hall–Kier alpha value is -4.33. The number of fused-ring (bicyclic) bond motifs is 5. The van der Waals surface area contributed by atoms with Crippen LogP contribution in [0.15, 0.2) is 48.3 Å². The van der Waals surface area contributed by atoms with Gasteiger partial charge in [0.05, 0.1) is 17.4 Å². The minimum absolute atomic E-state index is 0.0259. The van der Waals surface area contributed by atoms with Gasteiger partial charge in [0.15, 0.2) is 5.82 Å². The Bertz CT molecular complexity index is 2070. The molecule has 4 aliphatic heterocycles. The van der Waals surface area contributed by atoms with Crippen molar-refractivity contribution in [2.24, 2.45) is 5.92 Å². The van der Waals surface area contributed by atoms with Gasteiger partial charge in [0.2, 0.25) is 0 Å². The summed E-state index contributed by atoms with van der Waals surface area (Å²) in [5.74, 6) is 2.59. The summed E-state index contributed by atoms with van der Waals surface area (Å²) >= 11 is 0. The van der Waals surface area contributed by atoms with Gasteiger partial charge in [-0.15, -0.1) is 6.42 Å². The van der Waals surface area contributed by atoms with E-state index in [9.17, 15) is 8.78 Å². The zero-order valence-corrected chi connectivity index (χ0v) is 26.7. The van der Waals surface area contributed by atoms with Crippen LogP contribution in [0.1, 0.15) is 50.5 Å². The van der Waals surface area contributed by atoms with Gasteiger partial charge in [-0.2, -0.15) is 9.97 Å². The largest absolute Gasteiger partial charge is 0.461 e. The molecule has 0 unspecified atom stereocenters. The number of nitrogens with zero attached hydrogens (tertiary/aromatic N) is 4. The molecule has 3 N–H and O–H groups in total. The molecule has 5 aliphatic rings. The van der Waals surface area contributed by atoms with E-state index >= 15 is 4.39 Å². The highest BCUT2D eigenvalue weighted by Crippen LogP contribution is 2.49. The number of anilines is 2. The fraction of sp³-hybridized carbons (Fsp3) is 0.421. The van der Waals surface area contributed by atoms with E-state index in [1.54, 1.807) is 24.3 Å². The van der Waals surface area contributed by atoms with Crippen molar-refractivity contribution in [2.75, 3.05) is 43.4 Å². The number of aromatic nitrogens is 2. The monoisotopic (exact) mass is 650 g/mol. The van der Waals surface area contributed by atoms with Crippen molar-refractivity contribution in [2.45, 2.75) is 62.1 Å². The van der Waals surface area contributed by atoms with Crippen molar-refractivity contribution in [3.05, 3.63) is 65.5 Å². The van der Waals surface area contributed by atoms with Crippen LogP contribution in [0.3, 0.4) is 0 Å². The number of rotatable bonds is 6. The van der Waals surface area contributed by atoms with Gasteiger partial charge in [0.25, 0.3) is 0 Å². The second-order valence-electron chi connectivity index (χ2n) is 14.6. The first kappa shape index (κ1) is 29.8. The number of ether oxygens (including phenoxy) is 1. The molecule has 3 aromatic carbocycles. The predicted octanol–water partition coefficient (Wildman–Crippen LogP) is 6.48. The van der Waals surface area contributed by atoms with Gasteiger partial charge in [-0.1, -0.05) is 18.1 Å². The maximum absolute atomic E-state index is 17.1. The number of terminal acetylenes is 1. The van der Waals surface area contributed by atoms with Gasteiger partial charge in [0, 0.05) is 53.2 Å². The van der Waals surface area contributed by atoms with Crippen LogP contribution in [0.4, 0.5) is 24.7 Å². The molecule has 9 rings (SSSR count). The molecule has 1 aromatic heterocycles. The lowest BCUT2D eigenvalue weighted by Gasteiger charge is -2.42. The molecular formula is C38H37F3N6O. The molecule has 0 amide bonds. The zero-order chi connectivity index (χ0) is 32.8. The van der Waals surface area contributed by atoms with E-state index in [1.165, 1.54) is 18.9 Å². The van der Waals surface area contributed by atoms with Crippen molar-refractivity contribution in [1.82, 2.24) is 20.2 Å². The number of halogens is 3. The maximum atomic E-state index is 17.1. The Morgan fingerprint density at radius 2 is 1.98 bits per heavy atom. The van der Waals surface area contributed by atoms with Gasteiger partial charge in [-0.25, -0.2) is 13.2 Å². The molecule has 5 heterocycles. The number of nitrogen functional groups attached to an aromatic ring is 1. The Kier molecular flexibility index (Phi) is 6.73. The molecule has 10 heteroatoms. The van der Waals surface area contributed by atoms with Crippen molar-refractivity contribution >= 4 is 33.2 Å². The van der Waals surface area contributed by atoms with Crippen molar-refractivity contribution in [3.8, 4) is 29.5 Å².